The number of benzene rings is 1. The van der Waals surface area contributed by atoms with Crippen LogP contribution in [0.3, 0.4) is 0 Å². The summed E-state index contributed by atoms with van der Waals surface area (Å²) in [4.78, 5) is 11.7. The number of rotatable bonds is 0. The third-order valence-corrected chi connectivity index (χ3v) is 2.58. The van der Waals surface area contributed by atoms with Crippen molar-refractivity contribution in [1.29, 1.82) is 0 Å². The highest BCUT2D eigenvalue weighted by Crippen LogP contribution is 2.30. The van der Waals surface area contributed by atoms with Gasteiger partial charge in [0.2, 0.25) is 0 Å². The Kier molecular flexibility index (Phi) is 1.77. The summed E-state index contributed by atoms with van der Waals surface area (Å²) in [5.41, 5.74) is 6.27. The molecule has 2 heterocycles. The molecule has 0 spiro atoms. The summed E-state index contributed by atoms with van der Waals surface area (Å²) in [6, 6.07) is 7.24. The van der Waals surface area contributed by atoms with Gasteiger partial charge in [-0.05, 0) is 18.2 Å². The first kappa shape index (κ1) is 9.03. The van der Waals surface area contributed by atoms with Crippen molar-refractivity contribution in [3.8, 4) is 5.75 Å². The molecule has 0 atom stereocenters. The van der Waals surface area contributed by atoms with E-state index >= 15 is 0 Å². The molecule has 0 saturated carbocycles. The summed E-state index contributed by atoms with van der Waals surface area (Å²) in [5.74, 6) is 0.843. The lowest BCUT2D eigenvalue weighted by molar-refractivity contribution is 0.399. The van der Waals surface area contributed by atoms with Gasteiger partial charge < -0.3 is 14.9 Å². The Labute approximate surface area is 90.9 Å². The summed E-state index contributed by atoms with van der Waals surface area (Å²) in [5, 5.41) is 0.771. The van der Waals surface area contributed by atoms with E-state index in [9.17, 15) is 4.79 Å². The lowest BCUT2D eigenvalue weighted by Gasteiger charge is -2.15. The molecule has 0 radical (unpaired) electrons. The molecule has 0 unspecified atom stereocenters. The fraction of sp³-hybridized carbons (Fsp3) is 0.0833. The van der Waals surface area contributed by atoms with Crippen LogP contribution in [0, 0.1) is 0 Å². The summed E-state index contributed by atoms with van der Waals surface area (Å²) in [6.07, 6.45) is 2.11. The molecule has 2 aromatic rings. The Morgan fingerprint density at radius 1 is 1.25 bits per heavy atom. The predicted molar refractivity (Wildman–Crippen MR) is 59.1 cm³/mol. The number of para-hydroxylation sites is 1. The van der Waals surface area contributed by atoms with Crippen molar-refractivity contribution in [3.05, 3.63) is 52.2 Å². The third kappa shape index (κ3) is 1.20. The van der Waals surface area contributed by atoms with Crippen molar-refractivity contribution in [2.24, 2.45) is 5.73 Å². The van der Waals surface area contributed by atoms with E-state index < -0.39 is 0 Å². The quantitative estimate of drug-likeness (QED) is 0.677. The largest absolute Gasteiger partial charge is 0.441 e. The maximum absolute atomic E-state index is 11.7. The second-order valence-electron chi connectivity index (χ2n) is 3.61. The van der Waals surface area contributed by atoms with Crippen LogP contribution in [0.25, 0.3) is 11.0 Å². The van der Waals surface area contributed by atoms with E-state index in [1.165, 1.54) is 0 Å². The highest BCUT2D eigenvalue weighted by atomic mass is 16.5. The molecule has 1 aromatic carbocycles. The number of ether oxygens (including phenoxy) is 1. The number of hydrogen-bond donors (Lipinski definition) is 1. The van der Waals surface area contributed by atoms with Crippen molar-refractivity contribution in [2.45, 2.75) is 6.42 Å². The number of fused-ring (bicyclic) bond motifs is 3. The summed E-state index contributed by atoms with van der Waals surface area (Å²) in [6.45, 7) is 0. The number of hydrogen-bond acceptors (Lipinski definition) is 4. The zero-order chi connectivity index (χ0) is 11.1. The normalized spacial score (nSPS) is 14.1. The smallest absolute Gasteiger partial charge is 0.343 e. The minimum Gasteiger partial charge on any atom is -0.441 e. The Bertz CT molecular complexity index is 655. The molecule has 4 nitrogen and oxygen atoms in total. The molecule has 0 bridgehead atoms. The standard InChI is InChI=1S/C12H9NO3/c13-10-6-5-8-11(16-10)7-3-1-2-4-9(7)15-12(8)14/h1-4,6H,5,13H2. The summed E-state index contributed by atoms with van der Waals surface area (Å²) < 4.78 is 10.6. The molecule has 16 heavy (non-hydrogen) atoms. The third-order valence-electron chi connectivity index (χ3n) is 2.58. The Morgan fingerprint density at radius 3 is 2.94 bits per heavy atom. The predicted octanol–water partition coefficient (Wildman–Crippen LogP) is 1.53. The van der Waals surface area contributed by atoms with E-state index in [0.29, 0.717) is 29.2 Å². The molecule has 0 fully saturated rings. The number of allylic oxidation sites excluding steroid dienone is 1. The van der Waals surface area contributed by atoms with E-state index in [1.54, 1.807) is 18.2 Å². The molecule has 0 saturated heterocycles. The highest BCUT2D eigenvalue weighted by Gasteiger charge is 2.19. The number of nitrogens with two attached hydrogens (primary N) is 1. The SMILES string of the molecule is NC1=CCc2c(c3ccccc3oc2=O)O1. The second kappa shape index (κ2) is 3.13. The minimum absolute atomic E-state index is 0.322. The highest BCUT2D eigenvalue weighted by molar-refractivity contribution is 5.84. The van der Waals surface area contributed by atoms with Gasteiger partial charge >= 0.3 is 5.63 Å². The lowest BCUT2D eigenvalue weighted by Crippen LogP contribution is -2.18. The van der Waals surface area contributed by atoms with Crippen molar-refractivity contribution in [2.75, 3.05) is 0 Å². The molecule has 2 N–H and O–H groups in total. The van der Waals surface area contributed by atoms with Crippen LogP contribution in [-0.4, -0.2) is 0 Å². The maximum Gasteiger partial charge on any atom is 0.343 e. The monoisotopic (exact) mass is 215 g/mol. The van der Waals surface area contributed by atoms with Crippen LogP contribution in [0.2, 0.25) is 0 Å². The molecule has 80 valence electrons. The van der Waals surface area contributed by atoms with Crippen molar-refractivity contribution in [1.82, 2.24) is 0 Å². The van der Waals surface area contributed by atoms with Gasteiger partial charge in [-0.25, -0.2) is 4.79 Å². The first-order valence-corrected chi connectivity index (χ1v) is 4.94. The van der Waals surface area contributed by atoms with Gasteiger partial charge in [-0.15, -0.1) is 0 Å². The summed E-state index contributed by atoms with van der Waals surface area (Å²) >= 11 is 0. The van der Waals surface area contributed by atoms with Crippen LogP contribution in [0.5, 0.6) is 5.75 Å². The van der Waals surface area contributed by atoms with E-state index in [2.05, 4.69) is 0 Å². The van der Waals surface area contributed by atoms with Crippen molar-refractivity contribution in [3.63, 3.8) is 0 Å². The fourth-order valence-corrected chi connectivity index (χ4v) is 1.81. The van der Waals surface area contributed by atoms with Crippen LogP contribution in [0.15, 0.2) is 45.4 Å². The maximum atomic E-state index is 11.7. The van der Waals surface area contributed by atoms with Crippen LogP contribution >= 0.6 is 0 Å². The lowest BCUT2D eigenvalue weighted by atomic mass is 10.1. The van der Waals surface area contributed by atoms with E-state index in [1.807, 2.05) is 12.1 Å². The van der Waals surface area contributed by atoms with Crippen LogP contribution in [0.1, 0.15) is 5.56 Å². The molecule has 0 amide bonds. The Balaban J connectivity index is 2.41. The fourth-order valence-electron chi connectivity index (χ4n) is 1.81. The van der Waals surface area contributed by atoms with Gasteiger partial charge in [0.25, 0.3) is 0 Å². The Morgan fingerprint density at radius 2 is 2.06 bits per heavy atom. The van der Waals surface area contributed by atoms with Crippen LogP contribution in [-0.2, 0) is 6.42 Å². The first-order chi connectivity index (χ1) is 7.75. The zero-order valence-corrected chi connectivity index (χ0v) is 8.40. The average molecular weight is 215 g/mol. The van der Waals surface area contributed by atoms with Crippen molar-refractivity contribution >= 4 is 11.0 Å². The van der Waals surface area contributed by atoms with Gasteiger partial charge in [-0.3, -0.25) is 0 Å². The van der Waals surface area contributed by atoms with Gasteiger partial charge in [0, 0.05) is 6.42 Å². The molecular formula is C12H9NO3. The topological polar surface area (TPSA) is 65.5 Å². The molecule has 4 heteroatoms. The summed E-state index contributed by atoms with van der Waals surface area (Å²) in [7, 11) is 0. The molecule has 1 aliphatic heterocycles. The molecule has 0 aliphatic carbocycles. The Hall–Kier alpha value is -2.23. The molecular weight excluding hydrogens is 206 g/mol. The van der Waals surface area contributed by atoms with Crippen LogP contribution in [0.4, 0.5) is 0 Å². The van der Waals surface area contributed by atoms with Gasteiger partial charge in [-0.1, -0.05) is 12.1 Å². The first-order valence-electron chi connectivity index (χ1n) is 4.94. The van der Waals surface area contributed by atoms with E-state index in [4.69, 9.17) is 14.9 Å². The van der Waals surface area contributed by atoms with Gasteiger partial charge in [-0.2, -0.15) is 0 Å². The average Bonchev–Trinajstić information content (AvgIpc) is 2.29. The minimum atomic E-state index is -0.363. The molecule has 1 aliphatic rings. The van der Waals surface area contributed by atoms with Gasteiger partial charge in [0.1, 0.15) is 5.58 Å². The molecule has 3 rings (SSSR count). The van der Waals surface area contributed by atoms with E-state index in [-0.39, 0.29) is 5.63 Å². The molecule has 1 aromatic heterocycles. The van der Waals surface area contributed by atoms with Crippen molar-refractivity contribution < 1.29 is 9.15 Å². The van der Waals surface area contributed by atoms with Gasteiger partial charge in [0.05, 0.1) is 10.9 Å². The van der Waals surface area contributed by atoms with Crippen LogP contribution < -0.4 is 16.1 Å². The van der Waals surface area contributed by atoms with Gasteiger partial charge in [0.15, 0.2) is 11.6 Å². The van der Waals surface area contributed by atoms with E-state index in [0.717, 1.165) is 5.39 Å². The zero-order valence-electron chi connectivity index (χ0n) is 8.40. The second-order valence-corrected chi connectivity index (χ2v) is 3.61.